The maximum Gasteiger partial charge on any atom is 0.402 e. The number of hydrogen-bond donors (Lipinski definition) is 10. The van der Waals surface area contributed by atoms with Crippen molar-refractivity contribution < 1.29 is 98.3 Å². The number of phenols is 3. The molecule has 59 heavy (non-hydrogen) atoms. The zero-order valence-corrected chi connectivity index (χ0v) is 30.5. The first-order valence-corrected chi connectivity index (χ1v) is 17.7. The van der Waals surface area contributed by atoms with Crippen molar-refractivity contribution >= 4 is 35.0 Å². The van der Waals surface area contributed by atoms with Gasteiger partial charge in [-0.3, -0.25) is 9.59 Å². The Kier molecular flexibility index (Phi) is 13.1. The normalized spacial score (nSPS) is 26.9. The molecule has 10 N–H and O–H groups in total. The molecule has 2 saturated heterocycles. The Balaban J connectivity index is 1.28. The molecule has 0 aliphatic carbocycles. The molecule has 314 valence electrons. The maximum absolute atomic E-state index is 12.5. The van der Waals surface area contributed by atoms with Gasteiger partial charge in [0.1, 0.15) is 96.9 Å². The molecule has 10 atom stereocenters. The molecule has 0 amide bonds. The molecule has 4 aromatic rings. The average molecular weight is 828 g/mol. The second-order valence-electron chi connectivity index (χ2n) is 13.4. The van der Waals surface area contributed by atoms with Crippen molar-refractivity contribution in [2.75, 3.05) is 13.2 Å². The van der Waals surface area contributed by atoms with E-state index in [-0.39, 0.29) is 45.3 Å². The highest BCUT2D eigenvalue weighted by Gasteiger charge is 2.48. The van der Waals surface area contributed by atoms with E-state index < -0.39 is 105 Å². The van der Waals surface area contributed by atoms with Crippen LogP contribution in [0.3, 0.4) is 0 Å². The summed E-state index contributed by atoms with van der Waals surface area (Å²) in [5.41, 5.74) is 0.742. The van der Waals surface area contributed by atoms with Crippen LogP contribution in [0.25, 0.3) is 28.4 Å². The first-order valence-electron chi connectivity index (χ1n) is 17.7. The number of phenolic OH excluding ortho intramolecular Hbond substituents is 3. The van der Waals surface area contributed by atoms with Crippen molar-refractivity contribution in [3.8, 4) is 40.1 Å². The van der Waals surface area contributed by atoms with Crippen LogP contribution in [-0.4, -0.2) is 144 Å². The lowest BCUT2D eigenvalue weighted by Gasteiger charge is -2.40. The van der Waals surface area contributed by atoms with Crippen LogP contribution in [0.2, 0.25) is 0 Å². The number of benzene rings is 3. The van der Waals surface area contributed by atoms with Gasteiger partial charge in [0.25, 0.3) is 0 Å². The van der Waals surface area contributed by atoms with E-state index in [0.717, 1.165) is 12.1 Å². The number of ether oxygens (including phenoxy) is 6. The van der Waals surface area contributed by atoms with E-state index in [0.29, 0.717) is 5.56 Å². The van der Waals surface area contributed by atoms with Gasteiger partial charge in [0.15, 0.2) is 0 Å². The van der Waals surface area contributed by atoms with Crippen molar-refractivity contribution in [1.82, 2.24) is 0 Å². The number of carbonyl (C=O) groups excluding carboxylic acids is 2. The molecule has 5 unspecified atom stereocenters. The van der Waals surface area contributed by atoms with Crippen LogP contribution in [0.15, 0.2) is 77.2 Å². The molecule has 20 heteroatoms. The lowest BCUT2D eigenvalue weighted by Crippen LogP contribution is -2.60. The van der Waals surface area contributed by atoms with Gasteiger partial charge < -0.3 is 79.5 Å². The van der Waals surface area contributed by atoms with Crippen molar-refractivity contribution in [2.45, 2.75) is 67.8 Å². The molecular weight excluding hydrogens is 788 g/mol. The van der Waals surface area contributed by atoms with Gasteiger partial charge in [0.05, 0.1) is 11.6 Å². The number of esters is 2. The van der Waals surface area contributed by atoms with Gasteiger partial charge in [-0.1, -0.05) is 12.1 Å². The van der Waals surface area contributed by atoms with Crippen LogP contribution in [-0.2, 0) is 33.3 Å². The van der Waals surface area contributed by atoms with Crippen LogP contribution in [0.4, 0.5) is 0 Å². The van der Waals surface area contributed by atoms with Gasteiger partial charge in [-0.05, 0) is 48.0 Å². The van der Waals surface area contributed by atoms with Gasteiger partial charge in [0.2, 0.25) is 18.3 Å². The highest BCUT2D eigenvalue weighted by atomic mass is 16.7. The number of carbonyl (C=O) groups is 3. The van der Waals surface area contributed by atoms with Crippen molar-refractivity contribution in [2.24, 2.45) is 0 Å². The van der Waals surface area contributed by atoms with E-state index in [1.807, 2.05) is 0 Å². The van der Waals surface area contributed by atoms with E-state index in [2.05, 4.69) is 0 Å². The third kappa shape index (κ3) is 10.1. The zero-order valence-electron chi connectivity index (χ0n) is 30.5. The molecule has 2 aliphatic rings. The Morgan fingerprint density at radius 1 is 0.644 bits per heavy atom. The van der Waals surface area contributed by atoms with Gasteiger partial charge in [-0.2, -0.15) is 0 Å². The van der Waals surface area contributed by atoms with E-state index in [4.69, 9.17) is 37.9 Å². The minimum Gasteiger partial charge on any atom is -0.508 e. The summed E-state index contributed by atoms with van der Waals surface area (Å²) in [6.07, 6.45) is -16.3. The van der Waals surface area contributed by atoms with E-state index >= 15 is 0 Å². The first kappa shape index (κ1) is 42.5. The van der Waals surface area contributed by atoms with Crippen LogP contribution in [0, 0.1) is 0 Å². The molecule has 6 rings (SSSR count). The molecule has 2 aliphatic heterocycles. The molecule has 2 fully saturated rings. The van der Waals surface area contributed by atoms with Gasteiger partial charge >= 0.3 is 29.3 Å². The Labute approximate surface area is 332 Å². The monoisotopic (exact) mass is 827 g/mol. The third-order valence-corrected chi connectivity index (χ3v) is 9.15. The fourth-order valence-corrected chi connectivity index (χ4v) is 6.03. The summed E-state index contributed by atoms with van der Waals surface area (Å²) in [6, 6.07) is 14.9. The summed E-state index contributed by atoms with van der Waals surface area (Å²) in [4.78, 5) is 35.1. The van der Waals surface area contributed by atoms with Crippen molar-refractivity contribution in [3.05, 3.63) is 78.4 Å². The lowest BCUT2D eigenvalue weighted by atomic mass is 9.99. The predicted molar refractivity (Wildman–Crippen MR) is 195 cm³/mol. The van der Waals surface area contributed by atoms with Crippen LogP contribution in [0.5, 0.6) is 28.7 Å². The number of aliphatic hydroxyl groups excluding tert-OH is 6. The first-order chi connectivity index (χ1) is 28.1. The third-order valence-electron chi connectivity index (χ3n) is 9.15. The summed E-state index contributed by atoms with van der Waals surface area (Å²) in [7, 11) is 0. The number of aliphatic carboxylic acids is 1. The molecule has 3 heterocycles. The predicted octanol–water partition coefficient (Wildman–Crippen LogP) is 0.145. The van der Waals surface area contributed by atoms with Gasteiger partial charge in [-0.25, -0.2) is 9.21 Å². The molecule has 0 bridgehead atoms. The van der Waals surface area contributed by atoms with Crippen molar-refractivity contribution in [3.63, 3.8) is 0 Å². The number of hydrogen-bond acceptors (Lipinski definition) is 18. The number of carboxylic acids is 1. The van der Waals surface area contributed by atoms with Gasteiger partial charge in [-0.15, -0.1) is 0 Å². The van der Waals surface area contributed by atoms with Crippen LogP contribution >= 0.6 is 0 Å². The molecular formula is C39H39O20+. The Morgan fingerprint density at radius 3 is 1.76 bits per heavy atom. The highest BCUT2D eigenvalue weighted by Crippen LogP contribution is 2.42. The Hall–Kier alpha value is -6.10. The topological polar surface area (TPSA) is 320 Å². The smallest absolute Gasteiger partial charge is 0.402 e. The highest BCUT2D eigenvalue weighted by molar-refractivity contribution is 5.90. The standard InChI is InChI=1S/C39H38O20/c40-19-6-1-17(2-7-19)3-10-29(45)53-15-26-31(47)34(50)36(52)39(59-26)57-25-13-22-23(55-37(25)18-4-8-20(41)9-5-18)11-21(42)12-24(22)56-38-35(51)33(49)32(48)27(58-38)16-54-30(46)14-28(43)44/h1-13,26-27,31-36,38-39,47-52H,14-16H2,(H3-,40,41,42,43,44,45)/p+1/t26?,27?,31-,32+,33-,34?,35?,36?,38+,39+/m0/s1. The second kappa shape index (κ2) is 18.2. The summed E-state index contributed by atoms with van der Waals surface area (Å²) in [6.45, 7) is -1.36. The number of fused-ring (bicyclic) bond motifs is 1. The quantitative estimate of drug-likeness (QED) is 0.0371. The minimum atomic E-state index is -1.94. The SMILES string of the molecule is O=C(O)CC(=O)OCC1O[C@@H](Oc2cc(O)cc3[o+]c(-c4ccc(O)cc4)c(O[C@@H]4OC(COC(=O)/C=C/c5ccc(O)cc5)[C@H](O)C(O)C4O)cc23)C(O)[C@@H](O)[C@@H]1O. The van der Waals surface area contributed by atoms with Crippen LogP contribution in [0.1, 0.15) is 12.0 Å². The fraction of sp³-hybridized carbons (Fsp3) is 0.333. The second-order valence-corrected chi connectivity index (χ2v) is 13.4. The minimum absolute atomic E-state index is 0.0158. The lowest BCUT2D eigenvalue weighted by molar-refractivity contribution is -0.278. The molecule has 3 aromatic carbocycles. The fourth-order valence-electron chi connectivity index (χ4n) is 6.03. The summed E-state index contributed by atoms with van der Waals surface area (Å²) >= 11 is 0. The van der Waals surface area contributed by atoms with E-state index in [9.17, 15) is 60.3 Å². The average Bonchev–Trinajstić information content (AvgIpc) is 3.20. The Bertz CT molecular complexity index is 2160. The molecule has 1 aromatic heterocycles. The summed E-state index contributed by atoms with van der Waals surface area (Å²) in [5.74, 6) is -4.66. The van der Waals surface area contributed by atoms with E-state index in [1.165, 1.54) is 54.6 Å². The number of aromatic hydroxyl groups is 3. The number of carboxylic acid groups (broad SMARTS) is 1. The summed E-state index contributed by atoms with van der Waals surface area (Å²) < 4.78 is 39.4. The molecule has 0 spiro atoms. The largest absolute Gasteiger partial charge is 0.508 e. The zero-order chi connectivity index (χ0) is 42.5. The number of aliphatic hydroxyl groups is 6. The molecule has 20 nitrogen and oxygen atoms in total. The van der Waals surface area contributed by atoms with E-state index in [1.54, 1.807) is 12.1 Å². The van der Waals surface area contributed by atoms with Crippen molar-refractivity contribution in [1.29, 1.82) is 0 Å². The number of rotatable bonds is 13. The summed E-state index contributed by atoms with van der Waals surface area (Å²) in [5, 5.41) is 103. The maximum atomic E-state index is 12.5. The molecule has 0 saturated carbocycles. The Morgan fingerprint density at radius 2 is 1.19 bits per heavy atom. The van der Waals surface area contributed by atoms with Gasteiger partial charge in [0, 0.05) is 18.2 Å². The van der Waals surface area contributed by atoms with Crippen LogP contribution < -0.4 is 9.47 Å². The molecule has 0 radical (unpaired) electrons.